The van der Waals surface area contributed by atoms with Gasteiger partial charge in [0.15, 0.2) is 0 Å². The molecule has 0 radical (unpaired) electrons. The highest BCUT2D eigenvalue weighted by Crippen LogP contribution is 2.26. The van der Waals surface area contributed by atoms with Crippen molar-refractivity contribution in [1.82, 2.24) is 14.5 Å². The van der Waals surface area contributed by atoms with Crippen LogP contribution in [0, 0.1) is 0 Å². The maximum atomic E-state index is 6.03. The first-order valence-electron chi connectivity index (χ1n) is 6.30. The standard InChI is InChI=1S/C16H10ClN3/c17-11-5-6-12-14(9-11)18-8-7-15(12)20-10-19-13-3-1-2-4-16(13)20/h1-10H. The summed E-state index contributed by atoms with van der Waals surface area (Å²) < 4.78 is 2.08. The minimum absolute atomic E-state index is 0.692. The third-order valence-electron chi connectivity index (χ3n) is 3.39. The molecule has 0 unspecified atom stereocenters. The molecular weight excluding hydrogens is 270 g/mol. The van der Waals surface area contributed by atoms with E-state index in [0.717, 1.165) is 27.6 Å². The first-order chi connectivity index (χ1) is 9.83. The van der Waals surface area contributed by atoms with Crippen LogP contribution in [0.1, 0.15) is 0 Å². The number of benzene rings is 2. The van der Waals surface area contributed by atoms with Gasteiger partial charge in [0, 0.05) is 16.6 Å². The molecule has 0 aliphatic rings. The number of rotatable bonds is 1. The molecule has 0 spiro atoms. The van der Waals surface area contributed by atoms with Crippen LogP contribution in [0.3, 0.4) is 0 Å². The second-order valence-corrected chi connectivity index (χ2v) is 5.03. The lowest BCUT2D eigenvalue weighted by Gasteiger charge is -2.08. The van der Waals surface area contributed by atoms with Gasteiger partial charge in [-0.1, -0.05) is 23.7 Å². The molecule has 0 aliphatic heterocycles. The number of hydrogen-bond acceptors (Lipinski definition) is 2. The lowest BCUT2D eigenvalue weighted by molar-refractivity contribution is 1.10. The number of hydrogen-bond donors (Lipinski definition) is 0. The minimum atomic E-state index is 0.692. The van der Waals surface area contributed by atoms with Crippen LogP contribution in [0.5, 0.6) is 0 Å². The molecule has 20 heavy (non-hydrogen) atoms. The Kier molecular flexibility index (Phi) is 2.47. The van der Waals surface area contributed by atoms with Gasteiger partial charge in [0.1, 0.15) is 6.33 Å². The van der Waals surface area contributed by atoms with Crippen LogP contribution in [0.4, 0.5) is 0 Å². The van der Waals surface area contributed by atoms with Gasteiger partial charge in [0.25, 0.3) is 0 Å². The van der Waals surface area contributed by atoms with E-state index in [0.29, 0.717) is 5.02 Å². The fourth-order valence-corrected chi connectivity index (χ4v) is 2.63. The smallest absolute Gasteiger partial charge is 0.100 e. The van der Waals surface area contributed by atoms with E-state index >= 15 is 0 Å². The first kappa shape index (κ1) is 11.4. The van der Waals surface area contributed by atoms with E-state index in [1.165, 1.54) is 0 Å². The second kappa shape index (κ2) is 4.32. The van der Waals surface area contributed by atoms with E-state index in [1.54, 1.807) is 6.20 Å². The number of halogens is 1. The lowest BCUT2D eigenvalue weighted by Crippen LogP contribution is -1.94. The van der Waals surface area contributed by atoms with E-state index in [2.05, 4.69) is 20.6 Å². The van der Waals surface area contributed by atoms with E-state index < -0.39 is 0 Å². The summed E-state index contributed by atoms with van der Waals surface area (Å²) in [7, 11) is 0. The summed E-state index contributed by atoms with van der Waals surface area (Å²) in [4.78, 5) is 8.81. The van der Waals surface area contributed by atoms with E-state index in [-0.39, 0.29) is 0 Å². The topological polar surface area (TPSA) is 30.7 Å². The highest BCUT2D eigenvalue weighted by molar-refractivity contribution is 6.31. The number of imidazole rings is 1. The SMILES string of the molecule is Clc1ccc2c(-n3cnc4ccccc43)ccnc2c1. The van der Waals surface area contributed by atoms with Gasteiger partial charge in [-0.3, -0.25) is 9.55 Å². The van der Waals surface area contributed by atoms with Gasteiger partial charge in [0.2, 0.25) is 0 Å². The van der Waals surface area contributed by atoms with Crippen LogP contribution >= 0.6 is 11.6 Å². The Morgan fingerprint density at radius 1 is 0.900 bits per heavy atom. The molecule has 0 N–H and O–H groups in total. The van der Waals surface area contributed by atoms with Crippen molar-refractivity contribution in [3.05, 3.63) is 66.1 Å². The van der Waals surface area contributed by atoms with Crippen molar-refractivity contribution in [2.24, 2.45) is 0 Å². The van der Waals surface area contributed by atoms with E-state index in [4.69, 9.17) is 11.6 Å². The molecule has 0 atom stereocenters. The van der Waals surface area contributed by atoms with Crippen molar-refractivity contribution in [3.8, 4) is 5.69 Å². The third-order valence-corrected chi connectivity index (χ3v) is 3.63. The van der Waals surface area contributed by atoms with Crippen LogP contribution in [-0.2, 0) is 0 Å². The fourth-order valence-electron chi connectivity index (χ4n) is 2.47. The van der Waals surface area contributed by atoms with Crippen LogP contribution < -0.4 is 0 Å². The molecule has 0 amide bonds. The second-order valence-electron chi connectivity index (χ2n) is 4.59. The summed E-state index contributed by atoms with van der Waals surface area (Å²) in [5.41, 5.74) is 3.99. The fraction of sp³-hybridized carbons (Fsp3) is 0. The van der Waals surface area contributed by atoms with Crippen LogP contribution in [-0.4, -0.2) is 14.5 Å². The third kappa shape index (κ3) is 1.67. The summed E-state index contributed by atoms with van der Waals surface area (Å²) in [6.07, 6.45) is 3.64. The number of fused-ring (bicyclic) bond motifs is 2. The highest BCUT2D eigenvalue weighted by Gasteiger charge is 2.08. The average Bonchev–Trinajstić information content (AvgIpc) is 2.90. The molecule has 0 saturated heterocycles. The van der Waals surface area contributed by atoms with Crippen molar-refractivity contribution < 1.29 is 0 Å². The average molecular weight is 280 g/mol. The molecule has 0 bridgehead atoms. The van der Waals surface area contributed by atoms with Crippen molar-refractivity contribution >= 4 is 33.5 Å². The summed E-state index contributed by atoms with van der Waals surface area (Å²) in [5, 5.41) is 1.75. The van der Waals surface area contributed by atoms with Crippen LogP contribution in [0.15, 0.2) is 61.1 Å². The predicted molar refractivity (Wildman–Crippen MR) is 81.4 cm³/mol. The van der Waals surface area contributed by atoms with Crippen molar-refractivity contribution in [1.29, 1.82) is 0 Å². The summed E-state index contributed by atoms with van der Waals surface area (Å²) >= 11 is 6.03. The molecule has 4 rings (SSSR count). The van der Waals surface area contributed by atoms with Gasteiger partial charge >= 0.3 is 0 Å². The van der Waals surface area contributed by atoms with Gasteiger partial charge in [-0.15, -0.1) is 0 Å². The highest BCUT2D eigenvalue weighted by atomic mass is 35.5. The van der Waals surface area contributed by atoms with Gasteiger partial charge < -0.3 is 0 Å². The quantitative estimate of drug-likeness (QED) is 0.522. The Hall–Kier alpha value is -2.39. The summed E-state index contributed by atoms with van der Waals surface area (Å²) in [5.74, 6) is 0. The summed E-state index contributed by atoms with van der Waals surface area (Å²) in [6, 6.07) is 15.8. The Bertz CT molecular complexity index is 927. The maximum absolute atomic E-state index is 6.03. The number of pyridine rings is 1. The largest absolute Gasteiger partial charge is 0.298 e. The Balaban J connectivity index is 2.07. The first-order valence-corrected chi connectivity index (χ1v) is 6.67. The minimum Gasteiger partial charge on any atom is -0.298 e. The molecule has 0 fully saturated rings. The zero-order chi connectivity index (χ0) is 13.5. The number of aromatic nitrogens is 3. The summed E-state index contributed by atoms with van der Waals surface area (Å²) in [6.45, 7) is 0. The van der Waals surface area contributed by atoms with Gasteiger partial charge in [-0.25, -0.2) is 4.98 Å². The zero-order valence-corrected chi connectivity index (χ0v) is 11.2. The Labute approximate surface area is 120 Å². The number of nitrogens with zero attached hydrogens (tertiary/aromatic N) is 3. The van der Waals surface area contributed by atoms with Crippen LogP contribution in [0.25, 0.3) is 27.6 Å². The molecule has 3 nitrogen and oxygen atoms in total. The molecule has 0 saturated carbocycles. The maximum Gasteiger partial charge on any atom is 0.100 e. The predicted octanol–water partition coefficient (Wildman–Crippen LogP) is 4.23. The van der Waals surface area contributed by atoms with Crippen molar-refractivity contribution in [2.75, 3.05) is 0 Å². The Morgan fingerprint density at radius 2 is 1.80 bits per heavy atom. The molecule has 0 aliphatic carbocycles. The van der Waals surface area contributed by atoms with Gasteiger partial charge in [-0.2, -0.15) is 0 Å². The molecule has 2 heterocycles. The molecule has 2 aromatic carbocycles. The Morgan fingerprint density at radius 3 is 2.75 bits per heavy atom. The van der Waals surface area contributed by atoms with E-state index in [9.17, 15) is 0 Å². The van der Waals surface area contributed by atoms with Crippen molar-refractivity contribution in [2.45, 2.75) is 0 Å². The molecule has 4 aromatic rings. The molecule has 2 aromatic heterocycles. The monoisotopic (exact) mass is 279 g/mol. The van der Waals surface area contributed by atoms with Gasteiger partial charge in [0.05, 0.1) is 22.2 Å². The molecular formula is C16H10ClN3. The zero-order valence-electron chi connectivity index (χ0n) is 10.5. The van der Waals surface area contributed by atoms with Crippen molar-refractivity contribution in [3.63, 3.8) is 0 Å². The van der Waals surface area contributed by atoms with E-state index in [1.807, 2.05) is 48.8 Å². The molecule has 96 valence electrons. The molecule has 4 heteroatoms. The lowest BCUT2D eigenvalue weighted by atomic mass is 10.2. The van der Waals surface area contributed by atoms with Crippen LogP contribution in [0.2, 0.25) is 5.02 Å². The number of para-hydroxylation sites is 2. The van der Waals surface area contributed by atoms with Gasteiger partial charge in [-0.05, 0) is 36.4 Å². The normalized spacial score (nSPS) is 11.2.